The molecule has 1 N–H and O–H groups in total. The van der Waals surface area contributed by atoms with Crippen LogP contribution in [0.4, 0.5) is 4.39 Å². The fourth-order valence-electron chi connectivity index (χ4n) is 2.12. The van der Waals surface area contributed by atoms with Gasteiger partial charge in [-0.2, -0.15) is 0 Å². The SMILES string of the molecule is CS(=O)(=O)N[C@H]1CC(=O)N(Cc2ccc(F)cc2)C1. The lowest BCUT2D eigenvalue weighted by Gasteiger charge is -2.16. The third-order valence-electron chi connectivity index (χ3n) is 2.88. The van der Waals surface area contributed by atoms with Gasteiger partial charge in [-0.05, 0) is 17.7 Å². The second kappa shape index (κ2) is 5.26. The zero-order valence-corrected chi connectivity index (χ0v) is 11.3. The van der Waals surface area contributed by atoms with Crippen LogP contribution >= 0.6 is 0 Å². The first-order valence-corrected chi connectivity index (χ1v) is 7.72. The summed E-state index contributed by atoms with van der Waals surface area (Å²) in [5.41, 5.74) is 0.815. The molecule has 1 aliphatic rings. The van der Waals surface area contributed by atoms with E-state index in [4.69, 9.17) is 0 Å². The molecule has 1 aromatic carbocycles. The van der Waals surface area contributed by atoms with E-state index in [1.54, 1.807) is 17.0 Å². The average Bonchev–Trinajstić information content (AvgIpc) is 2.60. The molecular weight excluding hydrogens is 271 g/mol. The Balaban J connectivity index is 1.98. The molecular formula is C12H15FN2O3S. The van der Waals surface area contributed by atoms with Gasteiger partial charge in [0.1, 0.15) is 5.82 Å². The van der Waals surface area contributed by atoms with Crippen LogP contribution in [0.15, 0.2) is 24.3 Å². The third-order valence-corrected chi connectivity index (χ3v) is 3.64. The van der Waals surface area contributed by atoms with Crippen molar-refractivity contribution in [3.63, 3.8) is 0 Å². The molecule has 0 spiro atoms. The lowest BCUT2D eigenvalue weighted by Crippen LogP contribution is -2.36. The van der Waals surface area contributed by atoms with Crippen LogP contribution in [-0.4, -0.2) is 38.1 Å². The van der Waals surface area contributed by atoms with Crippen molar-refractivity contribution in [2.45, 2.75) is 19.0 Å². The minimum Gasteiger partial charge on any atom is -0.337 e. The summed E-state index contributed by atoms with van der Waals surface area (Å²) in [6.45, 7) is 0.699. The molecule has 1 fully saturated rings. The zero-order valence-electron chi connectivity index (χ0n) is 10.5. The van der Waals surface area contributed by atoms with E-state index in [1.165, 1.54) is 12.1 Å². The highest BCUT2D eigenvalue weighted by Crippen LogP contribution is 2.15. The topological polar surface area (TPSA) is 66.5 Å². The van der Waals surface area contributed by atoms with E-state index >= 15 is 0 Å². The number of hydrogen-bond acceptors (Lipinski definition) is 3. The molecule has 0 saturated carbocycles. The fourth-order valence-corrected chi connectivity index (χ4v) is 2.88. The van der Waals surface area contributed by atoms with E-state index in [0.717, 1.165) is 11.8 Å². The van der Waals surface area contributed by atoms with Crippen molar-refractivity contribution < 1.29 is 17.6 Å². The van der Waals surface area contributed by atoms with Crippen LogP contribution in [0.1, 0.15) is 12.0 Å². The van der Waals surface area contributed by atoms with E-state index in [2.05, 4.69) is 4.72 Å². The maximum absolute atomic E-state index is 12.8. The molecule has 1 atom stereocenters. The number of likely N-dealkylation sites (tertiary alicyclic amines) is 1. The number of amides is 1. The number of nitrogens with one attached hydrogen (secondary N) is 1. The molecule has 7 heteroatoms. The monoisotopic (exact) mass is 286 g/mol. The lowest BCUT2D eigenvalue weighted by atomic mass is 10.2. The predicted molar refractivity (Wildman–Crippen MR) is 68.2 cm³/mol. The highest BCUT2D eigenvalue weighted by molar-refractivity contribution is 7.88. The minimum atomic E-state index is -3.31. The van der Waals surface area contributed by atoms with Gasteiger partial charge < -0.3 is 4.90 Å². The summed E-state index contributed by atoms with van der Waals surface area (Å²) >= 11 is 0. The quantitative estimate of drug-likeness (QED) is 0.875. The Hall–Kier alpha value is -1.47. The van der Waals surface area contributed by atoms with Crippen molar-refractivity contribution in [1.82, 2.24) is 9.62 Å². The van der Waals surface area contributed by atoms with E-state index in [0.29, 0.717) is 13.1 Å². The van der Waals surface area contributed by atoms with Crippen molar-refractivity contribution in [1.29, 1.82) is 0 Å². The van der Waals surface area contributed by atoms with Crippen LogP contribution in [0.3, 0.4) is 0 Å². The molecule has 104 valence electrons. The molecule has 2 rings (SSSR count). The molecule has 1 aliphatic heterocycles. The maximum Gasteiger partial charge on any atom is 0.224 e. The average molecular weight is 286 g/mol. The van der Waals surface area contributed by atoms with Gasteiger partial charge in [0.15, 0.2) is 0 Å². The predicted octanol–water partition coefficient (Wildman–Crippen LogP) is 0.476. The summed E-state index contributed by atoms with van der Waals surface area (Å²) in [7, 11) is -3.31. The first-order chi connectivity index (χ1) is 8.83. The maximum atomic E-state index is 12.8. The standard InChI is InChI=1S/C12H15FN2O3S/c1-19(17,18)14-11-6-12(16)15(8-11)7-9-2-4-10(13)5-3-9/h2-5,11,14H,6-8H2,1H3/t11-/m0/s1. The van der Waals surface area contributed by atoms with Gasteiger partial charge in [0, 0.05) is 25.6 Å². The van der Waals surface area contributed by atoms with Gasteiger partial charge >= 0.3 is 0 Å². The van der Waals surface area contributed by atoms with Crippen LogP contribution in [0.25, 0.3) is 0 Å². The van der Waals surface area contributed by atoms with Gasteiger partial charge in [0.2, 0.25) is 15.9 Å². The molecule has 0 aromatic heterocycles. The number of nitrogens with zero attached hydrogens (tertiary/aromatic N) is 1. The highest BCUT2D eigenvalue weighted by Gasteiger charge is 2.31. The van der Waals surface area contributed by atoms with Gasteiger partial charge in [-0.1, -0.05) is 12.1 Å². The molecule has 1 saturated heterocycles. The Morgan fingerprint density at radius 2 is 2.00 bits per heavy atom. The van der Waals surface area contributed by atoms with Gasteiger partial charge in [-0.15, -0.1) is 0 Å². The van der Waals surface area contributed by atoms with Crippen molar-refractivity contribution in [3.05, 3.63) is 35.6 Å². The molecule has 0 aliphatic carbocycles. The Bertz CT molecular complexity index is 571. The summed E-state index contributed by atoms with van der Waals surface area (Å²) in [5.74, 6) is -0.432. The van der Waals surface area contributed by atoms with Gasteiger partial charge in [-0.3, -0.25) is 4.79 Å². The summed E-state index contributed by atoms with van der Waals surface area (Å²) < 4.78 is 37.4. The van der Waals surface area contributed by atoms with E-state index in [-0.39, 0.29) is 24.2 Å². The molecule has 1 aromatic rings. The first kappa shape index (κ1) is 14.0. The zero-order chi connectivity index (χ0) is 14.0. The van der Waals surface area contributed by atoms with E-state index in [9.17, 15) is 17.6 Å². The van der Waals surface area contributed by atoms with Crippen molar-refractivity contribution in [2.24, 2.45) is 0 Å². The van der Waals surface area contributed by atoms with Crippen LogP contribution in [0, 0.1) is 5.82 Å². The number of sulfonamides is 1. The van der Waals surface area contributed by atoms with Gasteiger partial charge in [0.25, 0.3) is 0 Å². The summed E-state index contributed by atoms with van der Waals surface area (Å²) in [6, 6.07) is 5.51. The number of carbonyl (C=O) groups is 1. The number of benzene rings is 1. The largest absolute Gasteiger partial charge is 0.337 e. The summed E-state index contributed by atoms with van der Waals surface area (Å²) in [4.78, 5) is 13.3. The highest BCUT2D eigenvalue weighted by atomic mass is 32.2. The summed E-state index contributed by atoms with van der Waals surface area (Å²) in [6.07, 6.45) is 1.23. The molecule has 0 unspecified atom stereocenters. The second-order valence-electron chi connectivity index (χ2n) is 4.69. The van der Waals surface area contributed by atoms with Crippen molar-refractivity contribution in [3.8, 4) is 0 Å². The van der Waals surface area contributed by atoms with Gasteiger partial charge in [0.05, 0.1) is 6.26 Å². The molecule has 1 heterocycles. The van der Waals surface area contributed by atoms with Crippen LogP contribution in [-0.2, 0) is 21.4 Å². The van der Waals surface area contributed by atoms with Crippen molar-refractivity contribution in [2.75, 3.05) is 12.8 Å². The third kappa shape index (κ3) is 4.00. The molecule has 19 heavy (non-hydrogen) atoms. The molecule has 0 bridgehead atoms. The lowest BCUT2D eigenvalue weighted by molar-refractivity contribution is -0.128. The number of rotatable bonds is 4. The summed E-state index contributed by atoms with van der Waals surface area (Å²) in [5, 5.41) is 0. The van der Waals surface area contributed by atoms with Gasteiger partial charge in [-0.25, -0.2) is 17.5 Å². The molecule has 1 amide bonds. The first-order valence-electron chi connectivity index (χ1n) is 5.83. The number of halogens is 1. The van der Waals surface area contributed by atoms with E-state index in [1.807, 2.05) is 0 Å². The minimum absolute atomic E-state index is 0.106. The fraction of sp³-hybridized carbons (Fsp3) is 0.417. The Kier molecular flexibility index (Phi) is 3.86. The van der Waals surface area contributed by atoms with Crippen LogP contribution in [0.5, 0.6) is 0 Å². The van der Waals surface area contributed by atoms with Crippen LogP contribution in [0.2, 0.25) is 0 Å². The molecule has 0 radical (unpaired) electrons. The van der Waals surface area contributed by atoms with Crippen molar-refractivity contribution >= 4 is 15.9 Å². The second-order valence-corrected chi connectivity index (χ2v) is 6.47. The Labute approximate surface area is 111 Å². The Morgan fingerprint density at radius 1 is 1.37 bits per heavy atom. The smallest absolute Gasteiger partial charge is 0.224 e. The van der Waals surface area contributed by atoms with Crippen LogP contribution < -0.4 is 4.72 Å². The number of hydrogen-bond donors (Lipinski definition) is 1. The normalized spacial score (nSPS) is 20.0. The Morgan fingerprint density at radius 3 is 2.58 bits per heavy atom. The number of carbonyl (C=O) groups excluding carboxylic acids is 1. The molecule has 5 nitrogen and oxygen atoms in total. The van der Waals surface area contributed by atoms with E-state index < -0.39 is 10.0 Å².